The van der Waals surface area contributed by atoms with Gasteiger partial charge in [0.25, 0.3) is 5.91 Å². The summed E-state index contributed by atoms with van der Waals surface area (Å²) in [7, 11) is 0. The van der Waals surface area contributed by atoms with Crippen LogP contribution in [0, 0.1) is 13.8 Å². The van der Waals surface area contributed by atoms with Gasteiger partial charge in [0.2, 0.25) is 0 Å². The molecule has 1 amide bonds. The van der Waals surface area contributed by atoms with E-state index < -0.39 is 12.1 Å². The molecule has 7 heteroatoms. The zero-order valence-corrected chi connectivity index (χ0v) is 12.9. The molecule has 0 radical (unpaired) electrons. The van der Waals surface area contributed by atoms with Crippen molar-refractivity contribution in [1.82, 2.24) is 15.3 Å². The number of hydrogen-bond donors (Lipinski definition) is 1. The fraction of sp³-hybridized carbons (Fsp3) is 0.538. The van der Waals surface area contributed by atoms with Gasteiger partial charge in [0.15, 0.2) is 11.3 Å². The molecule has 110 valence electrons. The molecule has 1 aromatic heterocycles. The zero-order valence-electron chi connectivity index (χ0n) is 12.1. The molecule has 0 aliphatic rings. The van der Waals surface area contributed by atoms with Gasteiger partial charge in [-0.1, -0.05) is 11.8 Å². The second-order valence-corrected chi connectivity index (χ2v) is 5.19. The number of nitrogens with one attached hydrogen (secondary N) is 1. The Balaban J connectivity index is 2.45. The van der Waals surface area contributed by atoms with Crippen LogP contribution in [0.5, 0.6) is 0 Å². The third-order valence-electron chi connectivity index (χ3n) is 2.31. The van der Waals surface area contributed by atoms with Crippen LogP contribution in [0.1, 0.15) is 25.2 Å². The van der Waals surface area contributed by atoms with Crippen LogP contribution >= 0.6 is 11.8 Å². The molecular formula is C13H19N3O3S. The second-order valence-electron chi connectivity index (χ2n) is 4.25. The number of nitrogens with zero attached hydrogens (tertiary/aromatic N) is 2. The van der Waals surface area contributed by atoms with Crippen molar-refractivity contribution in [3.63, 3.8) is 0 Å². The van der Waals surface area contributed by atoms with Gasteiger partial charge in [0.1, 0.15) is 0 Å². The van der Waals surface area contributed by atoms with Gasteiger partial charge < -0.3 is 10.1 Å². The molecule has 0 saturated heterocycles. The summed E-state index contributed by atoms with van der Waals surface area (Å²) in [5.74, 6) is -0.683. The number of amides is 1. The molecule has 0 aromatic carbocycles. The van der Waals surface area contributed by atoms with Crippen molar-refractivity contribution in [2.45, 2.75) is 39.0 Å². The highest BCUT2D eigenvalue weighted by Gasteiger charge is 2.17. The topological polar surface area (TPSA) is 81.2 Å². The highest BCUT2D eigenvalue weighted by Crippen LogP contribution is 2.14. The summed E-state index contributed by atoms with van der Waals surface area (Å²) in [6.45, 7) is 7.59. The number of hydrogen-bond acceptors (Lipinski definition) is 6. The number of ether oxygens (including phenoxy) is 1. The van der Waals surface area contributed by atoms with E-state index in [9.17, 15) is 9.59 Å². The minimum absolute atomic E-state index is 0.0760. The third kappa shape index (κ3) is 5.56. The summed E-state index contributed by atoms with van der Waals surface area (Å²) in [5.41, 5.74) is 1.70. The first-order valence-corrected chi connectivity index (χ1v) is 7.33. The van der Waals surface area contributed by atoms with Crippen LogP contribution in [-0.2, 0) is 14.3 Å². The lowest BCUT2D eigenvalue weighted by Gasteiger charge is -2.12. The number of esters is 1. The molecule has 20 heavy (non-hydrogen) atoms. The lowest BCUT2D eigenvalue weighted by atomic mass is 10.4. The fourth-order valence-electron chi connectivity index (χ4n) is 1.48. The number of thioether (sulfide) groups is 1. The number of carbonyl (C=O) groups is 2. The molecule has 0 unspecified atom stereocenters. The fourth-order valence-corrected chi connectivity index (χ4v) is 2.22. The summed E-state index contributed by atoms with van der Waals surface area (Å²) in [6, 6.07) is 1.86. The van der Waals surface area contributed by atoms with Crippen LogP contribution in [0.3, 0.4) is 0 Å². The Bertz CT molecular complexity index is 473. The van der Waals surface area contributed by atoms with E-state index >= 15 is 0 Å². The Morgan fingerprint density at radius 2 is 1.95 bits per heavy atom. The van der Waals surface area contributed by atoms with E-state index in [1.165, 1.54) is 11.8 Å². The molecule has 1 rings (SSSR count). The van der Waals surface area contributed by atoms with Crippen molar-refractivity contribution in [3.8, 4) is 0 Å². The summed E-state index contributed by atoms with van der Waals surface area (Å²) >= 11 is 1.20. The van der Waals surface area contributed by atoms with E-state index in [1.807, 2.05) is 19.9 Å². The van der Waals surface area contributed by atoms with Gasteiger partial charge in [-0.15, -0.1) is 0 Å². The Kier molecular flexibility index (Phi) is 6.44. The summed E-state index contributed by atoms with van der Waals surface area (Å²) in [6.07, 6.45) is -0.789. The molecule has 1 atom stereocenters. The zero-order chi connectivity index (χ0) is 15.1. The van der Waals surface area contributed by atoms with Crippen LogP contribution in [0.2, 0.25) is 0 Å². The number of carbonyl (C=O) groups excluding carboxylic acids is 2. The minimum atomic E-state index is -0.789. The van der Waals surface area contributed by atoms with Crippen LogP contribution in [0.25, 0.3) is 0 Å². The molecule has 0 saturated carbocycles. The molecule has 1 heterocycles. The van der Waals surface area contributed by atoms with Crippen molar-refractivity contribution in [2.75, 3.05) is 12.3 Å². The summed E-state index contributed by atoms with van der Waals surface area (Å²) < 4.78 is 5.02. The van der Waals surface area contributed by atoms with E-state index in [2.05, 4.69) is 15.3 Å². The van der Waals surface area contributed by atoms with Crippen LogP contribution in [0.4, 0.5) is 0 Å². The van der Waals surface area contributed by atoms with E-state index in [0.29, 0.717) is 11.7 Å². The smallest absolute Gasteiger partial charge is 0.317 e. The second kappa shape index (κ2) is 7.84. The number of aryl methyl sites for hydroxylation is 2. The van der Waals surface area contributed by atoms with Crippen molar-refractivity contribution in [1.29, 1.82) is 0 Å². The van der Waals surface area contributed by atoms with Crippen molar-refractivity contribution < 1.29 is 14.3 Å². The highest BCUT2D eigenvalue weighted by molar-refractivity contribution is 7.99. The Morgan fingerprint density at radius 3 is 2.50 bits per heavy atom. The maximum absolute atomic E-state index is 11.6. The molecule has 1 aromatic rings. The molecule has 1 N–H and O–H groups in total. The molecule has 0 aliphatic carbocycles. The largest absolute Gasteiger partial charge is 0.452 e. The first-order chi connectivity index (χ1) is 9.42. The average Bonchev–Trinajstić information content (AvgIpc) is 2.35. The molecule has 0 fully saturated rings. The predicted molar refractivity (Wildman–Crippen MR) is 76.5 cm³/mol. The van der Waals surface area contributed by atoms with E-state index in [1.54, 1.807) is 13.8 Å². The molecule has 6 nitrogen and oxygen atoms in total. The van der Waals surface area contributed by atoms with Gasteiger partial charge in [-0.25, -0.2) is 9.97 Å². The number of rotatable bonds is 6. The SMILES string of the molecule is CCNC(=O)[C@H](C)OC(=O)CSc1nc(C)cc(C)n1. The minimum Gasteiger partial charge on any atom is -0.452 e. The quantitative estimate of drug-likeness (QED) is 0.483. The lowest BCUT2D eigenvalue weighted by molar-refractivity contribution is -0.152. The Morgan fingerprint density at radius 1 is 1.35 bits per heavy atom. The standard InChI is InChI=1S/C13H19N3O3S/c1-5-14-12(18)10(4)19-11(17)7-20-13-15-8(2)6-9(3)16-13/h6,10H,5,7H2,1-4H3,(H,14,18)/t10-/m0/s1. The maximum Gasteiger partial charge on any atom is 0.317 e. The molecule has 0 aliphatic heterocycles. The van der Waals surface area contributed by atoms with Crippen molar-refractivity contribution in [2.24, 2.45) is 0 Å². The van der Waals surface area contributed by atoms with E-state index in [-0.39, 0.29) is 11.7 Å². The molecule has 0 spiro atoms. The van der Waals surface area contributed by atoms with Gasteiger partial charge in [0, 0.05) is 17.9 Å². The van der Waals surface area contributed by atoms with Crippen LogP contribution in [-0.4, -0.2) is 40.2 Å². The maximum atomic E-state index is 11.6. The van der Waals surface area contributed by atoms with Gasteiger partial charge in [0.05, 0.1) is 5.75 Å². The van der Waals surface area contributed by atoms with E-state index in [0.717, 1.165) is 11.4 Å². The third-order valence-corrected chi connectivity index (χ3v) is 3.13. The normalized spacial score (nSPS) is 11.8. The lowest BCUT2D eigenvalue weighted by Crippen LogP contribution is -2.35. The monoisotopic (exact) mass is 297 g/mol. The first-order valence-electron chi connectivity index (χ1n) is 6.34. The van der Waals surface area contributed by atoms with Crippen LogP contribution < -0.4 is 5.32 Å². The van der Waals surface area contributed by atoms with Crippen molar-refractivity contribution in [3.05, 3.63) is 17.5 Å². The number of aromatic nitrogens is 2. The first kappa shape index (κ1) is 16.4. The van der Waals surface area contributed by atoms with Crippen molar-refractivity contribution >= 4 is 23.6 Å². The summed E-state index contributed by atoms with van der Waals surface area (Å²) in [4.78, 5) is 31.5. The molecule has 0 bridgehead atoms. The van der Waals surface area contributed by atoms with Gasteiger partial charge >= 0.3 is 5.97 Å². The van der Waals surface area contributed by atoms with Gasteiger partial charge in [-0.3, -0.25) is 9.59 Å². The van der Waals surface area contributed by atoms with E-state index in [4.69, 9.17) is 4.74 Å². The Labute approximate surface area is 122 Å². The molecular weight excluding hydrogens is 278 g/mol. The predicted octanol–water partition coefficient (Wildman–Crippen LogP) is 1.25. The van der Waals surface area contributed by atoms with Gasteiger partial charge in [-0.05, 0) is 33.8 Å². The van der Waals surface area contributed by atoms with Gasteiger partial charge in [-0.2, -0.15) is 0 Å². The Hall–Kier alpha value is -1.63. The van der Waals surface area contributed by atoms with Crippen LogP contribution in [0.15, 0.2) is 11.2 Å². The summed E-state index contributed by atoms with van der Waals surface area (Å²) in [5, 5.41) is 3.12. The highest BCUT2D eigenvalue weighted by atomic mass is 32.2. The number of likely N-dealkylation sites (N-methyl/N-ethyl adjacent to an activating group) is 1. The average molecular weight is 297 g/mol.